The van der Waals surface area contributed by atoms with Gasteiger partial charge in [-0.25, -0.2) is 0 Å². The van der Waals surface area contributed by atoms with Gasteiger partial charge in [0, 0.05) is 60.4 Å². The molecule has 0 atom stereocenters. The van der Waals surface area contributed by atoms with E-state index in [4.69, 9.17) is 8.83 Å². The molecule has 65 heavy (non-hydrogen) atoms. The summed E-state index contributed by atoms with van der Waals surface area (Å²) >= 11 is 0. The van der Waals surface area contributed by atoms with Gasteiger partial charge in [-0.05, 0) is 115 Å². The van der Waals surface area contributed by atoms with Gasteiger partial charge in [-0.3, -0.25) is 0 Å². The first-order valence-electron chi connectivity index (χ1n) is 23.2. The highest BCUT2D eigenvalue weighted by atomic mass is 16.3. The first-order valence-corrected chi connectivity index (χ1v) is 23.2. The van der Waals surface area contributed by atoms with Crippen LogP contribution in [0.1, 0.15) is 103 Å². The average molecular weight is 846 g/mol. The lowest BCUT2D eigenvalue weighted by Gasteiger charge is -2.30. The molecule has 0 amide bonds. The number of hydrogen-bond donors (Lipinski definition) is 0. The van der Waals surface area contributed by atoms with E-state index in [1.165, 1.54) is 66.4 Å². The third kappa shape index (κ3) is 5.73. The maximum atomic E-state index is 6.97. The monoisotopic (exact) mass is 845 g/mol. The largest absolute Gasteiger partial charge is 0.456 e. The van der Waals surface area contributed by atoms with Crippen molar-refractivity contribution in [1.29, 1.82) is 0 Å². The van der Waals surface area contributed by atoms with Gasteiger partial charge in [-0.15, -0.1) is 0 Å². The van der Waals surface area contributed by atoms with Crippen molar-refractivity contribution in [2.24, 2.45) is 0 Å². The molecular formula is C62H55NO2. The third-order valence-electron chi connectivity index (χ3n) is 15.0. The van der Waals surface area contributed by atoms with Crippen LogP contribution in [0.15, 0.2) is 160 Å². The zero-order valence-electron chi connectivity index (χ0n) is 39.2. The van der Waals surface area contributed by atoms with Crippen LogP contribution in [0.5, 0.6) is 0 Å². The number of benzene rings is 8. The van der Waals surface area contributed by atoms with E-state index in [9.17, 15) is 0 Å². The van der Waals surface area contributed by atoms with Gasteiger partial charge in [0.05, 0.1) is 5.69 Å². The molecule has 3 nitrogen and oxygen atoms in total. The van der Waals surface area contributed by atoms with Crippen molar-refractivity contribution in [2.45, 2.75) is 90.9 Å². The van der Waals surface area contributed by atoms with Crippen molar-refractivity contribution in [3.63, 3.8) is 0 Å². The van der Waals surface area contributed by atoms with Crippen molar-refractivity contribution >= 4 is 60.9 Å². The van der Waals surface area contributed by atoms with Gasteiger partial charge in [0.25, 0.3) is 0 Å². The van der Waals surface area contributed by atoms with Gasteiger partial charge < -0.3 is 13.7 Å². The lowest BCUT2D eigenvalue weighted by atomic mass is 9.79. The maximum absolute atomic E-state index is 6.97. The first-order chi connectivity index (χ1) is 31.0. The molecule has 0 spiro atoms. The molecule has 12 rings (SSSR count). The van der Waals surface area contributed by atoms with E-state index in [0.717, 1.165) is 61.3 Å². The predicted octanol–water partition coefficient (Wildman–Crippen LogP) is 17.8. The van der Waals surface area contributed by atoms with E-state index >= 15 is 0 Å². The number of para-hydroxylation sites is 2. The fraction of sp³-hybridized carbons (Fsp3) is 0.226. The Labute approximate surface area is 382 Å². The minimum atomic E-state index is -0.264. The molecule has 0 aliphatic heterocycles. The Morgan fingerprint density at radius 2 is 1.05 bits per heavy atom. The van der Waals surface area contributed by atoms with Crippen LogP contribution >= 0.6 is 0 Å². The Balaban J connectivity index is 1.09. The number of furan rings is 2. The molecule has 10 aromatic rings. The molecule has 0 saturated heterocycles. The molecule has 3 heteroatoms. The molecule has 0 N–H and O–H groups in total. The van der Waals surface area contributed by atoms with E-state index in [0.29, 0.717) is 0 Å². The topological polar surface area (TPSA) is 29.5 Å². The van der Waals surface area contributed by atoms with Gasteiger partial charge in [-0.1, -0.05) is 166 Å². The molecule has 0 bridgehead atoms. The summed E-state index contributed by atoms with van der Waals surface area (Å²) in [6.45, 7) is 23.3. The molecule has 0 unspecified atom stereocenters. The molecule has 0 radical (unpaired) electrons. The number of fused-ring (bicyclic) bond motifs is 12. The van der Waals surface area contributed by atoms with Crippen LogP contribution in [-0.2, 0) is 21.7 Å². The number of hydrogen-bond acceptors (Lipinski definition) is 3. The maximum Gasteiger partial charge on any atom is 0.143 e. The highest BCUT2D eigenvalue weighted by Crippen LogP contribution is 2.57. The van der Waals surface area contributed by atoms with Gasteiger partial charge >= 0.3 is 0 Å². The van der Waals surface area contributed by atoms with Crippen LogP contribution in [-0.4, -0.2) is 0 Å². The van der Waals surface area contributed by atoms with E-state index in [1.807, 2.05) is 6.07 Å². The van der Waals surface area contributed by atoms with Crippen LogP contribution in [0, 0.1) is 0 Å². The molecule has 2 heterocycles. The minimum Gasteiger partial charge on any atom is -0.456 e. The van der Waals surface area contributed by atoms with E-state index in [1.54, 1.807) is 0 Å². The van der Waals surface area contributed by atoms with Crippen molar-refractivity contribution in [3.05, 3.63) is 185 Å². The average Bonchev–Trinajstić information content (AvgIpc) is 3.98. The van der Waals surface area contributed by atoms with Gasteiger partial charge in [0.2, 0.25) is 0 Å². The summed E-state index contributed by atoms with van der Waals surface area (Å²) in [4.78, 5) is 2.50. The first kappa shape index (κ1) is 39.7. The summed E-state index contributed by atoms with van der Waals surface area (Å²) in [5.74, 6) is 0. The second-order valence-electron chi connectivity index (χ2n) is 21.8. The summed E-state index contributed by atoms with van der Waals surface area (Å²) < 4.78 is 13.5. The normalized spacial score (nSPS) is 14.9. The molecule has 0 saturated carbocycles. The molecule has 8 aromatic carbocycles. The van der Waals surface area contributed by atoms with Gasteiger partial charge in [0.1, 0.15) is 22.3 Å². The summed E-state index contributed by atoms with van der Waals surface area (Å²) in [7, 11) is 0. The van der Waals surface area contributed by atoms with Crippen LogP contribution < -0.4 is 4.90 Å². The fourth-order valence-electron chi connectivity index (χ4n) is 11.3. The van der Waals surface area contributed by atoms with E-state index in [2.05, 4.69) is 220 Å². The van der Waals surface area contributed by atoms with Crippen LogP contribution in [0.3, 0.4) is 0 Å². The molecular weight excluding hydrogens is 791 g/mol. The highest BCUT2D eigenvalue weighted by Gasteiger charge is 2.40. The Hall–Kier alpha value is -6.84. The zero-order chi connectivity index (χ0) is 44.9. The second kappa shape index (κ2) is 13.4. The second-order valence-corrected chi connectivity index (χ2v) is 21.8. The molecule has 0 fully saturated rings. The smallest absolute Gasteiger partial charge is 0.143 e. The van der Waals surface area contributed by atoms with E-state index < -0.39 is 0 Å². The quantitative estimate of drug-likeness (QED) is 0.177. The van der Waals surface area contributed by atoms with Gasteiger partial charge in [-0.2, -0.15) is 0 Å². The minimum absolute atomic E-state index is 0.0172. The summed E-state index contributed by atoms with van der Waals surface area (Å²) in [5, 5.41) is 4.63. The molecule has 320 valence electrons. The Morgan fingerprint density at radius 1 is 0.415 bits per heavy atom. The number of rotatable bonds is 4. The predicted molar refractivity (Wildman–Crippen MR) is 274 cm³/mol. The fourth-order valence-corrected chi connectivity index (χ4v) is 11.3. The van der Waals surface area contributed by atoms with Crippen LogP contribution in [0.25, 0.3) is 77.3 Å². The lowest BCUT2D eigenvalue weighted by Crippen LogP contribution is -2.17. The molecule has 2 aromatic heterocycles. The van der Waals surface area contributed by atoms with Gasteiger partial charge in [0.15, 0.2) is 0 Å². The Morgan fingerprint density at radius 3 is 1.83 bits per heavy atom. The standard InChI is InChI=1S/C62H55NO2/c1-59(2,3)37-31-46-45-34-47-51(35-55(45)65-58(46)52(32-37)60(4,5)6)62(9,10)49-22-16-23-53(56(47)49)63(39-29-30-42-41-17-11-13-21-48(41)61(7,8)50(42)33-39)38-27-25-36(26-28-38)40-19-15-20-44-43-18-12-14-24-54(43)64-57(40)44/h11-35H,1-10H3. The van der Waals surface area contributed by atoms with Crippen molar-refractivity contribution in [3.8, 4) is 33.4 Å². The Kier molecular flexibility index (Phi) is 8.17. The van der Waals surface area contributed by atoms with Crippen molar-refractivity contribution in [2.75, 3.05) is 4.90 Å². The summed E-state index contributed by atoms with van der Waals surface area (Å²) in [6, 6.07) is 56.4. The molecule has 2 aliphatic rings. The third-order valence-corrected chi connectivity index (χ3v) is 15.0. The van der Waals surface area contributed by atoms with Crippen molar-refractivity contribution in [1.82, 2.24) is 0 Å². The Bertz CT molecular complexity index is 3610. The number of anilines is 3. The zero-order valence-corrected chi connectivity index (χ0v) is 39.2. The van der Waals surface area contributed by atoms with E-state index in [-0.39, 0.29) is 21.7 Å². The summed E-state index contributed by atoms with van der Waals surface area (Å²) in [6.07, 6.45) is 0. The van der Waals surface area contributed by atoms with Crippen LogP contribution in [0.4, 0.5) is 17.1 Å². The molecule has 2 aliphatic carbocycles. The highest BCUT2D eigenvalue weighted by molar-refractivity contribution is 6.11. The lowest BCUT2D eigenvalue weighted by molar-refractivity contribution is 0.559. The summed E-state index contributed by atoms with van der Waals surface area (Å²) in [5.41, 5.74) is 21.9. The van der Waals surface area contributed by atoms with Crippen molar-refractivity contribution < 1.29 is 8.83 Å². The SMILES string of the molecule is CC(C)(C)c1cc(C(C)(C)C)c2oc3cc4c(cc3c2c1)-c1c(N(c2ccc(-c3cccc5c3oc3ccccc35)cc2)c2ccc3c(c2)C(C)(C)c2ccccc2-3)cccc1C4(C)C. The van der Waals surface area contributed by atoms with Crippen LogP contribution in [0.2, 0.25) is 0 Å². The number of nitrogens with zero attached hydrogens (tertiary/aromatic N) is 1.